The van der Waals surface area contributed by atoms with E-state index in [0.717, 1.165) is 25.0 Å². The van der Waals surface area contributed by atoms with Crippen molar-refractivity contribution in [2.45, 2.75) is 46.0 Å². The summed E-state index contributed by atoms with van der Waals surface area (Å²) in [6.07, 6.45) is 2.70. The fraction of sp³-hybridized carbons (Fsp3) is 0.733. The normalized spacial score (nSPS) is 18.6. The van der Waals surface area contributed by atoms with Crippen LogP contribution in [-0.2, 0) is 0 Å². The number of amides is 1. The summed E-state index contributed by atoms with van der Waals surface area (Å²) in [5.41, 5.74) is 1.50. The van der Waals surface area contributed by atoms with Gasteiger partial charge in [-0.1, -0.05) is 20.8 Å². The highest BCUT2D eigenvalue weighted by atomic mass is 16.3. The standard InChI is InChI=1S/C15H25N3O2/c1-4-15(10-19)5-7-18(8-6-15)14(20)13-9-12(11(2)3)16-17-13/h9,11,19H,4-8,10H2,1-3H3,(H,16,17). The second kappa shape index (κ2) is 5.95. The van der Waals surface area contributed by atoms with Crippen molar-refractivity contribution in [1.29, 1.82) is 0 Å². The number of aromatic nitrogens is 2. The molecule has 0 atom stereocenters. The van der Waals surface area contributed by atoms with E-state index in [0.29, 0.717) is 24.7 Å². The second-order valence-electron chi connectivity index (χ2n) is 6.17. The van der Waals surface area contributed by atoms with Crippen LogP contribution in [0.4, 0.5) is 0 Å². The summed E-state index contributed by atoms with van der Waals surface area (Å²) < 4.78 is 0. The van der Waals surface area contributed by atoms with Crippen LogP contribution in [0.2, 0.25) is 0 Å². The number of rotatable bonds is 4. The van der Waals surface area contributed by atoms with Crippen molar-refractivity contribution in [1.82, 2.24) is 15.1 Å². The van der Waals surface area contributed by atoms with Crippen LogP contribution in [0.25, 0.3) is 0 Å². The van der Waals surface area contributed by atoms with Gasteiger partial charge < -0.3 is 10.0 Å². The Balaban J connectivity index is 2.01. The predicted octanol–water partition coefficient (Wildman–Crippen LogP) is 2.16. The molecule has 112 valence electrons. The minimum absolute atomic E-state index is 0.00390. The monoisotopic (exact) mass is 279 g/mol. The maximum atomic E-state index is 12.4. The van der Waals surface area contributed by atoms with Crippen LogP contribution < -0.4 is 0 Å². The maximum Gasteiger partial charge on any atom is 0.274 e. The number of carbonyl (C=O) groups is 1. The van der Waals surface area contributed by atoms with Crippen molar-refractivity contribution >= 4 is 5.91 Å². The Morgan fingerprint density at radius 2 is 2.15 bits per heavy atom. The first kappa shape index (κ1) is 15.0. The van der Waals surface area contributed by atoms with Gasteiger partial charge in [-0.2, -0.15) is 5.10 Å². The molecular weight excluding hydrogens is 254 g/mol. The summed E-state index contributed by atoms with van der Waals surface area (Å²) in [5.74, 6) is 0.336. The number of likely N-dealkylation sites (tertiary alicyclic amines) is 1. The molecular formula is C15H25N3O2. The van der Waals surface area contributed by atoms with E-state index >= 15 is 0 Å². The van der Waals surface area contributed by atoms with E-state index in [2.05, 4.69) is 31.0 Å². The summed E-state index contributed by atoms with van der Waals surface area (Å²) in [4.78, 5) is 14.3. The number of H-pyrrole nitrogens is 1. The van der Waals surface area contributed by atoms with Crippen molar-refractivity contribution in [3.05, 3.63) is 17.5 Å². The number of aliphatic hydroxyl groups is 1. The van der Waals surface area contributed by atoms with Crippen molar-refractivity contribution in [3.63, 3.8) is 0 Å². The van der Waals surface area contributed by atoms with E-state index in [1.165, 1.54) is 0 Å². The first-order valence-electron chi connectivity index (χ1n) is 7.47. The van der Waals surface area contributed by atoms with Gasteiger partial charge in [-0.05, 0) is 36.7 Å². The number of nitrogens with one attached hydrogen (secondary N) is 1. The van der Waals surface area contributed by atoms with E-state index < -0.39 is 0 Å². The predicted molar refractivity (Wildman–Crippen MR) is 77.6 cm³/mol. The van der Waals surface area contributed by atoms with Gasteiger partial charge in [0.05, 0.1) is 0 Å². The molecule has 2 rings (SSSR count). The summed E-state index contributed by atoms with van der Waals surface area (Å²) >= 11 is 0. The molecule has 0 spiro atoms. The molecule has 0 saturated carbocycles. The molecule has 1 saturated heterocycles. The van der Waals surface area contributed by atoms with Gasteiger partial charge in [0.1, 0.15) is 5.69 Å². The lowest BCUT2D eigenvalue weighted by atomic mass is 9.77. The molecule has 0 aromatic carbocycles. The molecule has 1 amide bonds. The maximum absolute atomic E-state index is 12.4. The van der Waals surface area contributed by atoms with Gasteiger partial charge in [0.25, 0.3) is 5.91 Å². The molecule has 5 nitrogen and oxygen atoms in total. The SMILES string of the molecule is CCC1(CO)CCN(C(=O)c2cc(C(C)C)[nH]n2)CC1. The summed E-state index contributed by atoms with van der Waals surface area (Å²) in [6, 6.07) is 1.85. The van der Waals surface area contributed by atoms with E-state index in [1.54, 1.807) is 0 Å². The molecule has 0 aliphatic carbocycles. The van der Waals surface area contributed by atoms with Crippen molar-refractivity contribution in [3.8, 4) is 0 Å². The van der Waals surface area contributed by atoms with Gasteiger partial charge in [0, 0.05) is 25.4 Å². The second-order valence-corrected chi connectivity index (χ2v) is 6.17. The number of hydrogen-bond acceptors (Lipinski definition) is 3. The smallest absolute Gasteiger partial charge is 0.274 e. The highest BCUT2D eigenvalue weighted by molar-refractivity contribution is 5.92. The summed E-state index contributed by atoms with van der Waals surface area (Å²) in [6.45, 7) is 7.87. The lowest BCUT2D eigenvalue weighted by Gasteiger charge is -2.40. The molecule has 1 aliphatic heterocycles. The van der Waals surface area contributed by atoms with E-state index in [9.17, 15) is 9.90 Å². The van der Waals surface area contributed by atoms with Crippen LogP contribution in [-0.4, -0.2) is 45.8 Å². The Morgan fingerprint density at radius 3 is 2.60 bits per heavy atom. The molecule has 1 aromatic rings. The minimum Gasteiger partial charge on any atom is -0.396 e. The third kappa shape index (κ3) is 2.87. The number of aromatic amines is 1. The van der Waals surface area contributed by atoms with Gasteiger partial charge in [0.2, 0.25) is 0 Å². The van der Waals surface area contributed by atoms with Gasteiger partial charge >= 0.3 is 0 Å². The number of hydrogen-bond donors (Lipinski definition) is 2. The molecule has 0 bridgehead atoms. The highest BCUT2D eigenvalue weighted by Crippen LogP contribution is 2.34. The van der Waals surface area contributed by atoms with Crippen LogP contribution in [0.5, 0.6) is 0 Å². The number of nitrogens with zero attached hydrogens (tertiary/aromatic N) is 2. The highest BCUT2D eigenvalue weighted by Gasteiger charge is 2.34. The summed E-state index contributed by atoms with van der Waals surface area (Å²) in [5, 5.41) is 16.6. The van der Waals surface area contributed by atoms with Crippen LogP contribution in [0.15, 0.2) is 6.07 Å². The Morgan fingerprint density at radius 1 is 1.50 bits per heavy atom. The van der Waals surface area contributed by atoms with Crippen LogP contribution in [0.1, 0.15) is 62.1 Å². The molecule has 1 fully saturated rings. The van der Waals surface area contributed by atoms with E-state index in [-0.39, 0.29) is 17.9 Å². The Hall–Kier alpha value is -1.36. The molecule has 2 N–H and O–H groups in total. The topological polar surface area (TPSA) is 69.2 Å². The number of aliphatic hydroxyl groups excluding tert-OH is 1. The van der Waals surface area contributed by atoms with Crippen LogP contribution in [0.3, 0.4) is 0 Å². The lowest BCUT2D eigenvalue weighted by Crippen LogP contribution is -2.44. The number of carbonyl (C=O) groups excluding carboxylic acids is 1. The average molecular weight is 279 g/mol. The quantitative estimate of drug-likeness (QED) is 0.887. The number of piperidine rings is 1. The molecule has 0 unspecified atom stereocenters. The third-order valence-corrected chi connectivity index (χ3v) is 4.64. The first-order valence-corrected chi connectivity index (χ1v) is 7.47. The third-order valence-electron chi connectivity index (χ3n) is 4.64. The summed E-state index contributed by atoms with van der Waals surface area (Å²) in [7, 11) is 0. The van der Waals surface area contributed by atoms with Gasteiger partial charge in [-0.15, -0.1) is 0 Å². The van der Waals surface area contributed by atoms with Crippen molar-refractivity contribution in [2.24, 2.45) is 5.41 Å². The molecule has 1 aromatic heterocycles. The van der Waals surface area contributed by atoms with Crippen molar-refractivity contribution < 1.29 is 9.90 Å². The fourth-order valence-electron chi connectivity index (χ4n) is 2.71. The van der Waals surface area contributed by atoms with Gasteiger partial charge in [-0.25, -0.2) is 0 Å². The first-order chi connectivity index (χ1) is 9.51. The van der Waals surface area contributed by atoms with Gasteiger partial charge in [-0.3, -0.25) is 9.89 Å². The Bertz CT molecular complexity index is 453. The van der Waals surface area contributed by atoms with Crippen LogP contribution in [0, 0.1) is 5.41 Å². The minimum atomic E-state index is -0.00390. The molecule has 2 heterocycles. The van der Waals surface area contributed by atoms with E-state index in [4.69, 9.17) is 0 Å². The largest absolute Gasteiger partial charge is 0.396 e. The van der Waals surface area contributed by atoms with Gasteiger partial charge in [0.15, 0.2) is 0 Å². The molecule has 1 aliphatic rings. The van der Waals surface area contributed by atoms with Crippen molar-refractivity contribution in [2.75, 3.05) is 19.7 Å². The zero-order chi connectivity index (χ0) is 14.8. The average Bonchev–Trinajstić information content (AvgIpc) is 2.96. The molecule has 20 heavy (non-hydrogen) atoms. The zero-order valence-corrected chi connectivity index (χ0v) is 12.6. The van der Waals surface area contributed by atoms with Crippen LogP contribution >= 0.6 is 0 Å². The van der Waals surface area contributed by atoms with E-state index in [1.807, 2.05) is 11.0 Å². The molecule has 0 radical (unpaired) electrons. The Kier molecular flexibility index (Phi) is 4.48. The lowest BCUT2D eigenvalue weighted by molar-refractivity contribution is 0.0334. The zero-order valence-electron chi connectivity index (χ0n) is 12.6. The fourth-order valence-corrected chi connectivity index (χ4v) is 2.71. The molecule has 5 heteroatoms. The Labute approximate surface area is 120 Å².